The Morgan fingerprint density at radius 2 is 1.71 bits per heavy atom. The maximum absolute atomic E-state index is 12.3. The molecule has 0 spiro atoms. The van der Waals surface area contributed by atoms with E-state index in [4.69, 9.17) is 0 Å². The van der Waals surface area contributed by atoms with Crippen LogP contribution in [0.2, 0.25) is 0 Å². The summed E-state index contributed by atoms with van der Waals surface area (Å²) < 4.78 is 1.14. The molecule has 0 radical (unpaired) electrons. The molecule has 0 saturated carbocycles. The van der Waals surface area contributed by atoms with E-state index in [2.05, 4.69) is 10.3 Å². The van der Waals surface area contributed by atoms with Gasteiger partial charge in [-0.15, -0.1) is 11.3 Å². The van der Waals surface area contributed by atoms with Gasteiger partial charge in [-0.3, -0.25) is 14.9 Å². The average Bonchev–Trinajstić information content (AvgIpc) is 3.16. The van der Waals surface area contributed by atoms with E-state index in [1.165, 1.54) is 18.2 Å². The van der Waals surface area contributed by atoms with Crippen LogP contribution in [-0.4, -0.2) is 15.8 Å². The number of fused-ring (bicyclic) bond motifs is 1. The number of aromatic nitrogens is 1. The number of thiazole rings is 1. The van der Waals surface area contributed by atoms with E-state index >= 15 is 0 Å². The standard InChI is InChI=1S/C21H15N3O3S/c25-20(16-5-1-3-7-18(16)24(26)27)22-13-14-9-11-15(12-10-14)21-23-17-6-2-4-8-19(17)28-21/h1-12H,13H2,(H,22,25). The fourth-order valence-electron chi connectivity index (χ4n) is 2.86. The third-order valence-electron chi connectivity index (χ3n) is 4.29. The van der Waals surface area contributed by atoms with Crippen LogP contribution in [-0.2, 0) is 6.54 Å². The second-order valence-corrected chi connectivity index (χ2v) is 7.17. The highest BCUT2D eigenvalue weighted by Gasteiger charge is 2.18. The van der Waals surface area contributed by atoms with Crippen molar-refractivity contribution in [3.63, 3.8) is 0 Å². The maximum Gasteiger partial charge on any atom is 0.282 e. The van der Waals surface area contributed by atoms with E-state index in [0.717, 1.165) is 26.4 Å². The van der Waals surface area contributed by atoms with Gasteiger partial charge in [0.25, 0.3) is 11.6 Å². The predicted octanol–water partition coefficient (Wildman–Crippen LogP) is 4.80. The molecule has 6 nitrogen and oxygen atoms in total. The minimum atomic E-state index is -0.554. The summed E-state index contributed by atoms with van der Waals surface area (Å²) in [6, 6.07) is 21.7. The fraction of sp³-hybridized carbons (Fsp3) is 0.0476. The minimum absolute atomic E-state index is 0.0543. The molecule has 0 unspecified atom stereocenters. The van der Waals surface area contributed by atoms with Crippen LogP contribution in [0.5, 0.6) is 0 Å². The van der Waals surface area contributed by atoms with Crippen molar-refractivity contribution >= 4 is 33.1 Å². The van der Waals surface area contributed by atoms with Crippen LogP contribution in [0.25, 0.3) is 20.8 Å². The summed E-state index contributed by atoms with van der Waals surface area (Å²) in [6.07, 6.45) is 0. The van der Waals surface area contributed by atoms with Crippen LogP contribution in [0.1, 0.15) is 15.9 Å². The maximum atomic E-state index is 12.3. The Balaban J connectivity index is 1.46. The Bertz CT molecular complexity index is 1140. The summed E-state index contributed by atoms with van der Waals surface area (Å²) in [4.78, 5) is 27.4. The number of hydrogen-bond donors (Lipinski definition) is 1. The van der Waals surface area contributed by atoms with Crippen molar-refractivity contribution in [3.05, 3.63) is 94.0 Å². The molecule has 0 aliphatic carbocycles. The normalized spacial score (nSPS) is 10.7. The lowest BCUT2D eigenvalue weighted by Crippen LogP contribution is -2.23. The van der Waals surface area contributed by atoms with Crippen LogP contribution in [0, 0.1) is 10.1 Å². The summed E-state index contributed by atoms with van der Waals surface area (Å²) in [5.74, 6) is -0.470. The molecule has 4 rings (SSSR count). The molecule has 0 saturated heterocycles. The van der Waals surface area contributed by atoms with E-state index in [1.54, 1.807) is 17.4 Å². The first-order valence-corrected chi connectivity index (χ1v) is 9.40. The smallest absolute Gasteiger partial charge is 0.282 e. The third kappa shape index (κ3) is 3.60. The van der Waals surface area contributed by atoms with Gasteiger partial charge in [0.15, 0.2) is 0 Å². The minimum Gasteiger partial charge on any atom is -0.348 e. The van der Waals surface area contributed by atoms with Gasteiger partial charge in [-0.05, 0) is 23.8 Å². The second-order valence-electron chi connectivity index (χ2n) is 6.14. The summed E-state index contributed by atoms with van der Waals surface area (Å²) in [5, 5.41) is 14.7. The van der Waals surface area contributed by atoms with Crippen molar-refractivity contribution in [2.75, 3.05) is 0 Å². The van der Waals surface area contributed by atoms with Crippen molar-refractivity contribution in [2.45, 2.75) is 6.54 Å². The fourth-order valence-corrected chi connectivity index (χ4v) is 3.83. The molecule has 7 heteroatoms. The summed E-state index contributed by atoms with van der Waals surface area (Å²) in [5.41, 5.74) is 2.74. The number of hydrogen-bond acceptors (Lipinski definition) is 5. The first-order chi connectivity index (χ1) is 13.6. The number of rotatable bonds is 5. The zero-order valence-corrected chi connectivity index (χ0v) is 15.5. The lowest BCUT2D eigenvalue weighted by molar-refractivity contribution is -0.385. The zero-order chi connectivity index (χ0) is 19.5. The SMILES string of the molecule is O=C(NCc1ccc(-c2nc3ccccc3s2)cc1)c1ccccc1[N+](=O)[O-]. The molecule has 0 aliphatic heterocycles. The second kappa shape index (κ2) is 7.58. The predicted molar refractivity (Wildman–Crippen MR) is 109 cm³/mol. The van der Waals surface area contributed by atoms with Gasteiger partial charge < -0.3 is 5.32 Å². The number of carbonyl (C=O) groups is 1. The number of nitrogens with one attached hydrogen (secondary N) is 1. The summed E-state index contributed by atoms with van der Waals surface area (Å²) >= 11 is 1.63. The molecule has 0 fully saturated rings. The first kappa shape index (κ1) is 17.8. The van der Waals surface area contributed by atoms with Crippen molar-refractivity contribution in [2.24, 2.45) is 0 Å². The highest BCUT2D eigenvalue weighted by atomic mass is 32.1. The largest absolute Gasteiger partial charge is 0.348 e. The highest BCUT2D eigenvalue weighted by Crippen LogP contribution is 2.30. The Morgan fingerprint density at radius 3 is 2.46 bits per heavy atom. The van der Waals surface area contributed by atoms with Crippen LogP contribution in [0.4, 0.5) is 5.69 Å². The number of nitro groups is 1. The van der Waals surface area contributed by atoms with E-state index in [1.807, 2.05) is 48.5 Å². The van der Waals surface area contributed by atoms with Gasteiger partial charge >= 0.3 is 0 Å². The summed E-state index contributed by atoms with van der Waals surface area (Å²) in [7, 11) is 0. The molecule has 1 aromatic heterocycles. The van der Waals surface area contributed by atoms with Crippen molar-refractivity contribution < 1.29 is 9.72 Å². The molecule has 1 amide bonds. The van der Waals surface area contributed by atoms with Crippen molar-refractivity contribution in [3.8, 4) is 10.6 Å². The van der Waals surface area contributed by atoms with Crippen LogP contribution < -0.4 is 5.32 Å². The third-order valence-corrected chi connectivity index (χ3v) is 5.38. The lowest BCUT2D eigenvalue weighted by Gasteiger charge is -2.06. The number of para-hydroxylation sites is 2. The summed E-state index contributed by atoms with van der Waals surface area (Å²) in [6.45, 7) is 0.283. The molecule has 138 valence electrons. The van der Waals surface area contributed by atoms with Gasteiger partial charge in [0, 0.05) is 18.2 Å². The number of nitro benzene ring substituents is 1. The molecule has 0 atom stereocenters. The number of benzene rings is 3. The number of nitrogens with zero attached hydrogens (tertiary/aromatic N) is 2. The van der Waals surface area contributed by atoms with Gasteiger partial charge in [0.1, 0.15) is 10.6 Å². The average molecular weight is 389 g/mol. The van der Waals surface area contributed by atoms with Gasteiger partial charge in [0.05, 0.1) is 15.1 Å². The van der Waals surface area contributed by atoms with Gasteiger partial charge in [-0.2, -0.15) is 0 Å². The molecular weight excluding hydrogens is 374 g/mol. The first-order valence-electron chi connectivity index (χ1n) is 8.58. The van der Waals surface area contributed by atoms with Crippen LogP contribution in [0.15, 0.2) is 72.8 Å². The van der Waals surface area contributed by atoms with Crippen molar-refractivity contribution in [1.82, 2.24) is 10.3 Å². The van der Waals surface area contributed by atoms with Gasteiger partial charge in [-0.1, -0.05) is 48.5 Å². The lowest BCUT2D eigenvalue weighted by atomic mass is 10.1. The Labute approximate surface area is 164 Å². The molecule has 0 bridgehead atoms. The Hall–Kier alpha value is -3.58. The number of amides is 1. The highest BCUT2D eigenvalue weighted by molar-refractivity contribution is 7.21. The molecule has 0 aliphatic rings. The molecule has 3 aromatic carbocycles. The van der Waals surface area contributed by atoms with Crippen molar-refractivity contribution in [1.29, 1.82) is 0 Å². The quantitative estimate of drug-likeness (QED) is 0.392. The topological polar surface area (TPSA) is 85.1 Å². The zero-order valence-electron chi connectivity index (χ0n) is 14.7. The van der Waals surface area contributed by atoms with E-state index in [0.29, 0.717) is 0 Å². The molecular formula is C21H15N3O3S. The molecule has 1 heterocycles. The van der Waals surface area contributed by atoms with Gasteiger partial charge in [0.2, 0.25) is 0 Å². The Kier molecular flexibility index (Phi) is 4.82. The van der Waals surface area contributed by atoms with E-state index in [-0.39, 0.29) is 17.8 Å². The van der Waals surface area contributed by atoms with Gasteiger partial charge in [-0.25, -0.2) is 4.98 Å². The van der Waals surface area contributed by atoms with E-state index in [9.17, 15) is 14.9 Å². The Morgan fingerprint density at radius 1 is 1.00 bits per heavy atom. The number of carbonyl (C=O) groups excluding carboxylic acids is 1. The molecule has 4 aromatic rings. The molecule has 1 N–H and O–H groups in total. The van der Waals surface area contributed by atoms with Crippen LogP contribution in [0.3, 0.4) is 0 Å². The monoisotopic (exact) mass is 389 g/mol. The van der Waals surface area contributed by atoms with E-state index < -0.39 is 10.8 Å². The van der Waals surface area contributed by atoms with Crippen LogP contribution >= 0.6 is 11.3 Å². The molecule has 28 heavy (non-hydrogen) atoms.